The van der Waals surface area contributed by atoms with E-state index in [2.05, 4.69) is 16.7 Å². The average molecular weight is 309 g/mol. The van der Waals surface area contributed by atoms with Crippen molar-refractivity contribution in [1.29, 1.82) is 0 Å². The first-order valence-corrected chi connectivity index (χ1v) is 8.12. The zero-order valence-corrected chi connectivity index (χ0v) is 12.7. The highest BCUT2D eigenvalue weighted by molar-refractivity contribution is 7.19. The SMILES string of the molecule is O=C1NCCCCC1NCc1sc2ccccc2c1Cl. The van der Waals surface area contributed by atoms with Crippen LogP contribution in [0, 0.1) is 0 Å². The number of hydrogen-bond donors (Lipinski definition) is 2. The minimum Gasteiger partial charge on any atom is -0.355 e. The van der Waals surface area contributed by atoms with E-state index in [1.165, 1.54) is 4.70 Å². The lowest BCUT2D eigenvalue weighted by molar-refractivity contribution is -0.122. The lowest BCUT2D eigenvalue weighted by Gasteiger charge is -2.14. The lowest BCUT2D eigenvalue weighted by atomic mass is 10.1. The highest BCUT2D eigenvalue weighted by Gasteiger charge is 2.20. The molecule has 1 atom stereocenters. The summed E-state index contributed by atoms with van der Waals surface area (Å²) >= 11 is 8.11. The number of rotatable bonds is 3. The van der Waals surface area contributed by atoms with Gasteiger partial charge in [-0.3, -0.25) is 4.79 Å². The van der Waals surface area contributed by atoms with Crippen LogP contribution in [-0.2, 0) is 11.3 Å². The van der Waals surface area contributed by atoms with Crippen molar-refractivity contribution < 1.29 is 4.79 Å². The van der Waals surface area contributed by atoms with Gasteiger partial charge >= 0.3 is 0 Å². The van der Waals surface area contributed by atoms with Crippen LogP contribution in [0.5, 0.6) is 0 Å². The minimum absolute atomic E-state index is 0.0984. The minimum atomic E-state index is -0.0984. The van der Waals surface area contributed by atoms with Gasteiger partial charge in [0.05, 0.1) is 11.1 Å². The standard InChI is InChI=1S/C15H17ClN2OS/c16-14-10-5-1-2-7-12(10)20-13(14)9-18-11-6-3-4-8-17-15(11)19/h1-2,5,7,11,18H,3-4,6,8-9H2,(H,17,19). The summed E-state index contributed by atoms with van der Waals surface area (Å²) in [7, 11) is 0. The number of halogens is 1. The molecular formula is C15H17ClN2OS. The van der Waals surface area contributed by atoms with E-state index in [0.717, 1.165) is 41.1 Å². The smallest absolute Gasteiger partial charge is 0.237 e. The van der Waals surface area contributed by atoms with E-state index in [4.69, 9.17) is 11.6 Å². The number of nitrogens with one attached hydrogen (secondary N) is 2. The zero-order valence-electron chi connectivity index (χ0n) is 11.1. The molecular weight excluding hydrogens is 292 g/mol. The van der Waals surface area contributed by atoms with Crippen LogP contribution in [0.25, 0.3) is 10.1 Å². The van der Waals surface area contributed by atoms with Gasteiger partial charge in [-0.15, -0.1) is 11.3 Å². The Bertz CT molecular complexity index is 625. The number of thiophene rings is 1. The third-order valence-corrected chi connectivity index (χ3v) is 5.36. The first-order valence-electron chi connectivity index (χ1n) is 6.92. The maximum Gasteiger partial charge on any atom is 0.237 e. The van der Waals surface area contributed by atoms with E-state index >= 15 is 0 Å². The van der Waals surface area contributed by atoms with Crippen LogP contribution in [0.4, 0.5) is 0 Å². The Kier molecular flexibility index (Phi) is 4.24. The molecule has 1 aliphatic heterocycles. The summed E-state index contributed by atoms with van der Waals surface area (Å²) in [5.74, 6) is 0.111. The van der Waals surface area contributed by atoms with Crippen LogP contribution in [-0.4, -0.2) is 18.5 Å². The van der Waals surface area contributed by atoms with Crippen molar-refractivity contribution in [2.24, 2.45) is 0 Å². The van der Waals surface area contributed by atoms with Crippen LogP contribution >= 0.6 is 22.9 Å². The number of benzene rings is 1. The van der Waals surface area contributed by atoms with Crippen LogP contribution in [0.1, 0.15) is 24.1 Å². The second kappa shape index (κ2) is 6.12. The fraction of sp³-hybridized carbons (Fsp3) is 0.400. The number of carbonyl (C=O) groups is 1. The second-order valence-corrected chi connectivity index (χ2v) is 6.57. The molecule has 3 nitrogen and oxygen atoms in total. The van der Waals surface area contributed by atoms with Gasteiger partial charge in [-0.1, -0.05) is 29.8 Å². The van der Waals surface area contributed by atoms with Gasteiger partial charge in [-0.05, 0) is 25.3 Å². The molecule has 106 valence electrons. The van der Waals surface area contributed by atoms with E-state index in [0.29, 0.717) is 6.54 Å². The summed E-state index contributed by atoms with van der Waals surface area (Å²) in [6.07, 6.45) is 3.04. The fourth-order valence-electron chi connectivity index (χ4n) is 2.53. The summed E-state index contributed by atoms with van der Waals surface area (Å²) in [5.41, 5.74) is 0. The molecule has 2 heterocycles. The molecule has 1 saturated heterocycles. The molecule has 20 heavy (non-hydrogen) atoms. The predicted octanol–water partition coefficient (Wildman–Crippen LogP) is 3.31. The molecule has 0 bridgehead atoms. The summed E-state index contributed by atoms with van der Waals surface area (Å²) in [6, 6.07) is 8.03. The zero-order chi connectivity index (χ0) is 13.9. The number of amides is 1. The Balaban J connectivity index is 1.73. The largest absolute Gasteiger partial charge is 0.355 e. The molecule has 3 rings (SSSR count). The van der Waals surface area contributed by atoms with Crippen LogP contribution in [0.2, 0.25) is 5.02 Å². The van der Waals surface area contributed by atoms with Gasteiger partial charge in [0.1, 0.15) is 0 Å². The highest BCUT2D eigenvalue weighted by atomic mass is 35.5. The average Bonchev–Trinajstić information content (AvgIpc) is 2.64. The predicted molar refractivity (Wildman–Crippen MR) is 84.3 cm³/mol. The Labute approximate surface area is 127 Å². The second-order valence-electron chi connectivity index (χ2n) is 5.06. The van der Waals surface area contributed by atoms with Gasteiger partial charge in [0.2, 0.25) is 5.91 Å². The highest BCUT2D eigenvalue weighted by Crippen LogP contribution is 2.35. The summed E-state index contributed by atoms with van der Waals surface area (Å²) in [6.45, 7) is 1.44. The first kappa shape index (κ1) is 13.9. The van der Waals surface area contributed by atoms with Crippen molar-refractivity contribution in [3.63, 3.8) is 0 Å². The molecule has 1 aliphatic rings. The molecule has 0 saturated carbocycles. The first-order chi connectivity index (χ1) is 9.75. The summed E-state index contributed by atoms with van der Waals surface area (Å²) < 4.78 is 1.19. The molecule has 0 radical (unpaired) electrons. The van der Waals surface area contributed by atoms with E-state index in [1.807, 2.05) is 18.2 Å². The third-order valence-electron chi connectivity index (χ3n) is 3.65. The molecule has 1 amide bonds. The van der Waals surface area contributed by atoms with Gasteiger partial charge in [-0.25, -0.2) is 0 Å². The van der Waals surface area contributed by atoms with Gasteiger partial charge in [-0.2, -0.15) is 0 Å². The molecule has 1 unspecified atom stereocenters. The molecule has 0 aliphatic carbocycles. The van der Waals surface area contributed by atoms with E-state index in [-0.39, 0.29) is 11.9 Å². The monoisotopic (exact) mass is 308 g/mol. The fourth-order valence-corrected chi connectivity index (χ4v) is 3.98. The van der Waals surface area contributed by atoms with E-state index < -0.39 is 0 Å². The third kappa shape index (κ3) is 2.82. The van der Waals surface area contributed by atoms with E-state index in [9.17, 15) is 4.79 Å². The molecule has 1 aromatic heterocycles. The lowest BCUT2D eigenvalue weighted by Crippen LogP contribution is -2.42. The van der Waals surface area contributed by atoms with Crippen LogP contribution in [0.3, 0.4) is 0 Å². The van der Waals surface area contributed by atoms with Gasteiger partial charge in [0.15, 0.2) is 0 Å². The Morgan fingerprint density at radius 2 is 2.20 bits per heavy atom. The molecule has 2 N–H and O–H groups in total. The van der Waals surface area contributed by atoms with Crippen molar-refractivity contribution in [3.8, 4) is 0 Å². The Morgan fingerprint density at radius 1 is 1.35 bits per heavy atom. The van der Waals surface area contributed by atoms with Gasteiger partial charge < -0.3 is 10.6 Å². The number of carbonyl (C=O) groups excluding carboxylic acids is 1. The molecule has 1 aromatic carbocycles. The normalized spacial score (nSPS) is 19.9. The topological polar surface area (TPSA) is 41.1 Å². The van der Waals surface area contributed by atoms with Gasteiger partial charge in [0, 0.05) is 28.1 Å². The molecule has 5 heteroatoms. The van der Waals surface area contributed by atoms with Gasteiger partial charge in [0.25, 0.3) is 0 Å². The maximum absolute atomic E-state index is 11.9. The van der Waals surface area contributed by atoms with Crippen molar-refractivity contribution in [3.05, 3.63) is 34.2 Å². The van der Waals surface area contributed by atoms with E-state index in [1.54, 1.807) is 11.3 Å². The van der Waals surface area contributed by atoms with Crippen molar-refractivity contribution in [2.45, 2.75) is 31.8 Å². The molecule has 2 aromatic rings. The number of hydrogen-bond acceptors (Lipinski definition) is 3. The van der Waals surface area contributed by atoms with Crippen molar-refractivity contribution in [1.82, 2.24) is 10.6 Å². The Hall–Kier alpha value is -1.10. The Morgan fingerprint density at radius 3 is 3.05 bits per heavy atom. The maximum atomic E-state index is 11.9. The molecule has 0 spiro atoms. The summed E-state index contributed by atoms with van der Waals surface area (Å²) in [5, 5.41) is 8.19. The summed E-state index contributed by atoms with van der Waals surface area (Å²) in [4.78, 5) is 13.0. The van der Waals surface area contributed by atoms with Crippen molar-refractivity contribution in [2.75, 3.05) is 6.54 Å². The quantitative estimate of drug-likeness (QED) is 0.913. The van der Waals surface area contributed by atoms with Crippen molar-refractivity contribution >= 4 is 38.9 Å². The number of fused-ring (bicyclic) bond motifs is 1. The van der Waals surface area contributed by atoms with Crippen LogP contribution < -0.4 is 10.6 Å². The van der Waals surface area contributed by atoms with Crippen LogP contribution in [0.15, 0.2) is 24.3 Å². The molecule has 1 fully saturated rings.